The van der Waals surface area contributed by atoms with Gasteiger partial charge in [0, 0.05) is 4.92 Å². The number of rotatable bonds is 2. The van der Waals surface area contributed by atoms with Gasteiger partial charge in [-0.3, -0.25) is 10.1 Å². The maximum absolute atomic E-state index is 10.2. The highest BCUT2D eigenvalue weighted by molar-refractivity contribution is 4.82. The molecule has 0 aliphatic carbocycles. The van der Waals surface area contributed by atoms with Crippen molar-refractivity contribution in [3.05, 3.63) is 10.1 Å². The Hall–Kier alpha value is -0.680. The number of hydrogen-bond donors (Lipinski definition) is 0. The van der Waals surface area contributed by atoms with E-state index in [-0.39, 0.29) is 18.1 Å². The first-order chi connectivity index (χ1) is 5.33. The first-order valence-corrected chi connectivity index (χ1v) is 3.79. The molecule has 0 radical (unpaired) electrons. The number of ether oxygens (including phenoxy) is 2. The average molecular weight is 175 g/mol. The third-order valence-electron chi connectivity index (χ3n) is 1.68. The molecule has 1 fully saturated rings. The zero-order chi connectivity index (χ0) is 9.41. The molecule has 1 heterocycles. The van der Waals surface area contributed by atoms with E-state index in [4.69, 9.17) is 9.47 Å². The smallest absolute Gasteiger partial charge is 0.234 e. The van der Waals surface area contributed by atoms with E-state index in [0.717, 1.165) is 0 Å². The summed E-state index contributed by atoms with van der Waals surface area (Å²) < 4.78 is 10.6. The lowest BCUT2D eigenvalue weighted by atomic mass is 10.1. The molecular weight excluding hydrogens is 162 g/mol. The van der Waals surface area contributed by atoms with Crippen LogP contribution in [0.1, 0.15) is 20.8 Å². The Labute approximate surface area is 70.8 Å². The normalized spacial score (nSPS) is 33.6. The molecule has 1 aliphatic heterocycles. The minimum absolute atomic E-state index is 0.212. The molecule has 0 spiro atoms. The van der Waals surface area contributed by atoms with Gasteiger partial charge in [0.05, 0.1) is 6.61 Å². The van der Waals surface area contributed by atoms with Crippen LogP contribution in [0.25, 0.3) is 0 Å². The van der Waals surface area contributed by atoms with Crippen molar-refractivity contribution in [3.63, 3.8) is 0 Å². The Kier molecular flexibility index (Phi) is 2.09. The Morgan fingerprint density at radius 2 is 2.08 bits per heavy atom. The van der Waals surface area contributed by atoms with Crippen LogP contribution in [0.3, 0.4) is 0 Å². The monoisotopic (exact) mass is 175 g/mol. The van der Waals surface area contributed by atoms with Gasteiger partial charge in [0.25, 0.3) is 0 Å². The minimum atomic E-state index is -0.771. The van der Waals surface area contributed by atoms with Crippen molar-refractivity contribution >= 4 is 0 Å². The summed E-state index contributed by atoms with van der Waals surface area (Å²) in [5.41, 5.74) is -0.771. The van der Waals surface area contributed by atoms with E-state index in [9.17, 15) is 10.1 Å². The first-order valence-electron chi connectivity index (χ1n) is 3.79. The van der Waals surface area contributed by atoms with Crippen LogP contribution in [0.5, 0.6) is 0 Å². The van der Waals surface area contributed by atoms with Gasteiger partial charge in [-0.15, -0.1) is 0 Å². The molecule has 5 nitrogen and oxygen atoms in total. The summed E-state index contributed by atoms with van der Waals surface area (Å²) in [5, 5.41) is 10.2. The van der Waals surface area contributed by atoms with Crippen LogP contribution >= 0.6 is 0 Å². The van der Waals surface area contributed by atoms with Crippen LogP contribution in [-0.2, 0) is 9.47 Å². The highest BCUT2D eigenvalue weighted by Crippen LogP contribution is 2.30. The van der Waals surface area contributed by atoms with Gasteiger partial charge < -0.3 is 9.47 Å². The molecule has 12 heavy (non-hydrogen) atoms. The molecule has 0 saturated carbocycles. The highest BCUT2D eigenvalue weighted by atomic mass is 16.8. The maximum Gasteiger partial charge on any atom is 0.234 e. The number of nitrogens with zero attached hydrogens (tertiary/aromatic N) is 1. The van der Waals surface area contributed by atoms with Crippen LogP contribution in [0, 0.1) is 10.1 Å². The van der Waals surface area contributed by atoms with E-state index in [0.29, 0.717) is 0 Å². The summed E-state index contributed by atoms with van der Waals surface area (Å²) in [6.07, 6.45) is 0. The molecule has 70 valence electrons. The zero-order valence-electron chi connectivity index (χ0n) is 7.49. The topological polar surface area (TPSA) is 61.6 Å². The van der Waals surface area contributed by atoms with Crippen LogP contribution < -0.4 is 0 Å². The maximum atomic E-state index is 10.2. The molecule has 5 heteroatoms. The fourth-order valence-corrected chi connectivity index (χ4v) is 1.33. The molecule has 0 bridgehead atoms. The molecule has 0 aromatic heterocycles. The molecule has 1 unspecified atom stereocenters. The molecule has 1 atom stereocenters. The summed E-state index contributed by atoms with van der Waals surface area (Å²) in [4.78, 5) is 9.86. The van der Waals surface area contributed by atoms with Gasteiger partial charge in [0.2, 0.25) is 6.54 Å². The molecule has 0 amide bonds. The summed E-state index contributed by atoms with van der Waals surface area (Å²) in [6, 6.07) is 0. The molecule has 0 aromatic carbocycles. The van der Waals surface area contributed by atoms with Gasteiger partial charge in [-0.25, -0.2) is 0 Å². The Morgan fingerprint density at radius 1 is 1.50 bits per heavy atom. The van der Waals surface area contributed by atoms with Crippen LogP contribution in [0.4, 0.5) is 0 Å². The van der Waals surface area contributed by atoms with Crippen LogP contribution in [-0.4, -0.2) is 29.5 Å². The third-order valence-corrected chi connectivity index (χ3v) is 1.68. The second-order valence-corrected chi connectivity index (χ2v) is 3.73. The molecule has 1 saturated heterocycles. The minimum Gasteiger partial charge on any atom is -0.347 e. The zero-order valence-corrected chi connectivity index (χ0v) is 7.49. The second kappa shape index (κ2) is 2.67. The van der Waals surface area contributed by atoms with E-state index < -0.39 is 11.4 Å². The summed E-state index contributed by atoms with van der Waals surface area (Å²) >= 11 is 0. The van der Waals surface area contributed by atoms with Crippen molar-refractivity contribution in [2.45, 2.75) is 32.2 Å². The Balaban J connectivity index is 2.58. The fourth-order valence-electron chi connectivity index (χ4n) is 1.33. The van der Waals surface area contributed by atoms with Crippen molar-refractivity contribution in [1.82, 2.24) is 0 Å². The SMILES string of the molecule is CC1(C[N+](=O)[O-])COC(C)(C)O1. The molecule has 0 aromatic rings. The summed E-state index contributed by atoms with van der Waals surface area (Å²) in [7, 11) is 0. The van der Waals surface area contributed by atoms with Crippen LogP contribution in [0.2, 0.25) is 0 Å². The van der Waals surface area contributed by atoms with Crippen molar-refractivity contribution in [2.24, 2.45) is 0 Å². The summed E-state index contributed by atoms with van der Waals surface area (Å²) in [6.45, 7) is 5.25. The van der Waals surface area contributed by atoms with E-state index in [1.165, 1.54) is 0 Å². The molecule has 0 N–H and O–H groups in total. The van der Waals surface area contributed by atoms with E-state index in [1.54, 1.807) is 20.8 Å². The van der Waals surface area contributed by atoms with Crippen molar-refractivity contribution in [3.8, 4) is 0 Å². The first kappa shape index (κ1) is 9.41. The van der Waals surface area contributed by atoms with Gasteiger partial charge in [-0.2, -0.15) is 0 Å². The standard InChI is InChI=1S/C7H13NO4/c1-6(2)11-5-7(3,12-6)4-8(9)10/h4-5H2,1-3H3. The lowest BCUT2D eigenvalue weighted by molar-refractivity contribution is -0.500. The largest absolute Gasteiger partial charge is 0.347 e. The molecule has 1 aliphatic rings. The predicted molar refractivity (Wildman–Crippen MR) is 41.4 cm³/mol. The lowest BCUT2D eigenvalue weighted by Crippen LogP contribution is -2.37. The van der Waals surface area contributed by atoms with Gasteiger partial charge >= 0.3 is 0 Å². The lowest BCUT2D eigenvalue weighted by Gasteiger charge is -2.21. The Bertz CT molecular complexity index is 204. The third kappa shape index (κ3) is 2.15. The number of hydrogen-bond acceptors (Lipinski definition) is 4. The van der Waals surface area contributed by atoms with E-state index >= 15 is 0 Å². The van der Waals surface area contributed by atoms with Crippen LogP contribution in [0.15, 0.2) is 0 Å². The highest BCUT2D eigenvalue weighted by Gasteiger charge is 2.45. The van der Waals surface area contributed by atoms with Crippen molar-refractivity contribution < 1.29 is 14.4 Å². The van der Waals surface area contributed by atoms with E-state index in [2.05, 4.69) is 0 Å². The average Bonchev–Trinajstić information content (AvgIpc) is 2.03. The van der Waals surface area contributed by atoms with Gasteiger partial charge in [0.1, 0.15) is 0 Å². The second-order valence-electron chi connectivity index (χ2n) is 3.73. The quantitative estimate of drug-likeness (QED) is 0.460. The van der Waals surface area contributed by atoms with Crippen molar-refractivity contribution in [1.29, 1.82) is 0 Å². The van der Waals surface area contributed by atoms with Gasteiger partial charge in [-0.1, -0.05) is 0 Å². The number of nitro groups is 1. The van der Waals surface area contributed by atoms with Gasteiger partial charge in [0.15, 0.2) is 11.4 Å². The van der Waals surface area contributed by atoms with E-state index in [1.807, 2.05) is 0 Å². The van der Waals surface area contributed by atoms with Crippen molar-refractivity contribution in [2.75, 3.05) is 13.2 Å². The molecule has 1 rings (SSSR count). The predicted octanol–water partition coefficient (Wildman–Crippen LogP) is 0.805. The Morgan fingerprint density at radius 3 is 2.42 bits per heavy atom. The van der Waals surface area contributed by atoms with Gasteiger partial charge in [-0.05, 0) is 20.8 Å². The fraction of sp³-hybridized carbons (Fsp3) is 1.00. The molecular formula is C7H13NO4. The summed E-state index contributed by atoms with van der Waals surface area (Å²) in [5.74, 6) is -0.690.